The minimum atomic E-state index is -0.994. The number of nitrogens with zero attached hydrogens (tertiary/aromatic N) is 9. The van der Waals surface area contributed by atoms with Gasteiger partial charge in [0, 0.05) is 86.8 Å². The second-order valence-corrected chi connectivity index (χ2v) is 15.2. The molecule has 59 heavy (non-hydrogen) atoms. The van der Waals surface area contributed by atoms with Crippen molar-refractivity contribution in [2.45, 2.75) is 45.8 Å². The molecule has 17 nitrogen and oxygen atoms in total. The van der Waals surface area contributed by atoms with Crippen molar-refractivity contribution in [1.29, 1.82) is 0 Å². The first kappa shape index (κ1) is 39.4. The lowest BCUT2D eigenvalue weighted by Crippen LogP contribution is -2.54. The maximum absolute atomic E-state index is 13.1. The van der Waals surface area contributed by atoms with Crippen LogP contribution in [-0.2, 0) is 27.4 Å². The third kappa shape index (κ3) is 9.00. The molecule has 8 rings (SSSR count). The molecule has 2 saturated heterocycles. The lowest BCUT2D eigenvalue weighted by atomic mass is 10.0. The highest BCUT2D eigenvalue weighted by Crippen LogP contribution is 2.31. The Morgan fingerprint density at radius 1 is 0.881 bits per heavy atom. The van der Waals surface area contributed by atoms with E-state index in [9.17, 15) is 19.2 Å². The fourth-order valence-electron chi connectivity index (χ4n) is 7.43. The average Bonchev–Trinajstić information content (AvgIpc) is 3.98. The number of rotatable bonds is 16. The molecule has 17 heteroatoms. The predicted octanol–water partition coefficient (Wildman–Crippen LogP) is 3.41. The molecule has 6 heterocycles. The first-order valence-corrected chi connectivity index (χ1v) is 20.0. The lowest BCUT2D eigenvalue weighted by Gasteiger charge is -2.35. The number of carbonyl (C=O) groups excluding carboxylic acids is 4. The number of imide groups is 2. The second-order valence-electron chi connectivity index (χ2n) is 15.2. The highest BCUT2D eigenvalue weighted by atomic mass is 16.5. The summed E-state index contributed by atoms with van der Waals surface area (Å²) in [6.45, 7) is 11.1. The van der Waals surface area contributed by atoms with E-state index in [-0.39, 0.29) is 24.0 Å². The Bertz CT molecular complexity index is 2310. The van der Waals surface area contributed by atoms with Crippen molar-refractivity contribution < 1.29 is 28.7 Å². The molecule has 2 fully saturated rings. The smallest absolute Gasteiger partial charge is 0.262 e. The fraction of sp³-hybridized carbons (Fsp3) is 0.381. The number of carbonyl (C=O) groups is 4. The van der Waals surface area contributed by atoms with E-state index in [2.05, 4.69) is 78.9 Å². The molecule has 3 aliphatic rings. The zero-order valence-corrected chi connectivity index (χ0v) is 33.1. The zero-order chi connectivity index (χ0) is 40.9. The number of pyridine rings is 1. The fourth-order valence-corrected chi connectivity index (χ4v) is 7.43. The first-order valence-electron chi connectivity index (χ1n) is 20.0. The summed E-state index contributed by atoms with van der Waals surface area (Å²) >= 11 is 0. The van der Waals surface area contributed by atoms with Gasteiger partial charge in [-0.2, -0.15) is 5.10 Å². The van der Waals surface area contributed by atoms with E-state index in [1.165, 1.54) is 5.69 Å². The van der Waals surface area contributed by atoms with Gasteiger partial charge in [-0.3, -0.25) is 39.3 Å². The summed E-state index contributed by atoms with van der Waals surface area (Å²) in [5.41, 5.74) is 6.14. The average molecular weight is 802 g/mol. The van der Waals surface area contributed by atoms with Crippen LogP contribution >= 0.6 is 0 Å². The van der Waals surface area contributed by atoms with Crippen LogP contribution in [0.2, 0.25) is 0 Å². The van der Waals surface area contributed by atoms with E-state index < -0.39 is 29.7 Å². The van der Waals surface area contributed by atoms with Gasteiger partial charge in [0.2, 0.25) is 11.8 Å². The quantitative estimate of drug-likeness (QED) is 0.110. The number of hydrogen-bond donors (Lipinski definition) is 2. The molecule has 1 unspecified atom stereocenters. The molecule has 4 amide bonds. The standard InChI is InChI=1S/C42H47N11O6/c1-28(2)27-59-38-23-43-12-11-34(38)29-22-45-52(24-29)33-6-4-32(5-7-33)50-16-14-49(15-17-50)25-31-26-51(48-47-31)18-20-58-19-13-44-30-3-8-35-36(21-30)42(57)53(41(35)56)37-9-10-39(54)46-40(37)55/h3-8,11-12,21-24,26,28,37,44H,9-10,13-20,25,27H2,1-2H3,(H,46,54,55). The molecule has 0 spiro atoms. The van der Waals surface area contributed by atoms with Gasteiger partial charge in [-0.25, -0.2) is 9.36 Å². The van der Waals surface area contributed by atoms with Gasteiger partial charge in [-0.15, -0.1) is 5.10 Å². The van der Waals surface area contributed by atoms with Crippen LogP contribution in [0.25, 0.3) is 16.8 Å². The van der Waals surface area contributed by atoms with E-state index in [0.717, 1.165) is 65.9 Å². The summed E-state index contributed by atoms with van der Waals surface area (Å²) in [5.74, 6) is -0.935. The van der Waals surface area contributed by atoms with Crippen molar-refractivity contribution >= 4 is 35.0 Å². The summed E-state index contributed by atoms with van der Waals surface area (Å²) < 4.78 is 15.5. The minimum absolute atomic E-state index is 0.0758. The van der Waals surface area contributed by atoms with Crippen LogP contribution in [0.1, 0.15) is 53.1 Å². The van der Waals surface area contributed by atoms with E-state index in [1.807, 2.05) is 29.3 Å². The van der Waals surface area contributed by atoms with E-state index >= 15 is 0 Å². The highest BCUT2D eigenvalue weighted by molar-refractivity contribution is 6.23. The van der Waals surface area contributed by atoms with Crippen molar-refractivity contribution in [3.8, 4) is 22.6 Å². The number of piperazine rings is 1. The number of benzene rings is 2. The molecule has 0 aliphatic carbocycles. The molecule has 306 valence electrons. The number of anilines is 2. The van der Waals surface area contributed by atoms with Crippen molar-refractivity contribution in [3.05, 3.63) is 96.3 Å². The van der Waals surface area contributed by atoms with Gasteiger partial charge in [0.25, 0.3) is 11.8 Å². The Balaban J connectivity index is 0.739. The van der Waals surface area contributed by atoms with Crippen molar-refractivity contribution in [2.75, 3.05) is 62.8 Å². The molecule has 5 aromatic rings. The van der Waals surface area contributed by atoms with E-state index in [1.54, 1.807) is 35.3 Å². The normalized spacial score (nSPS) is 17.2. The number of amides is 4. The number of aromatic nitrogens is 6. The number of nitrogens with one attached hydrogen (secondary N) is 2. The first-order chi connectivity index (χ1) is 28.7. The predicted molar refractivity (Wildman–Crippen MR) is 217 cm³/mol. The van der Waals surface area contributed by atoms with Gasteiger partial charge in [0.05, 0.1) is 61.3 Å². The Hall–Kier alpha value is -6.46. The molecule has 2 aromatic carbocycles. The van der Waals surface area contributed by atoms with Crippen LogP contribution in [0.3, 0.4) is 0 Å². The Morgan fingerprint density at radius 3 is 2.47 bits per heavy atom. The Morgan fingerprint density at radius 2 is 1.68 bits per heavy atom. The summed E-state index contributed by atoms with van der Waals surface area (Å²) in [6, 6.07) is 14.4. The van der Waals surface area contributed by atoms with Crippen LogP contribution in [0.15, 0.2) is 79.5 Å². The third-order valence-electron chi connectivity index (χ3n) is 10.6. The van der Waals surface area contributed by atoms with Gasteiger partial charge >= 0.3 is 0 Å². The Kier molecular flexibility index (Phi) is 11.7. The SMILES string of the molecule is CC(C)COc1cnccc1-c1cnn(-c2ccc(N3CCN(Cc4cn(CCOCCNc5ccc6c(c5)C(=O)N(C5CCC(=O)NC5=O)C6=O)nn4)CC3)cc2)c1. The van der Waals surface area contributed by atoms with Gasteiger partial charge < -0.3 is 19.7 Å². The zero-order valence-electron chi connectivity index (χ0n) is 33.1. The summed E-state index contributed by atoms with van der Waals surface area (Å²) in [5, 5.41) is 18.7. The van der Waals surface area contributed by atoms with Crippen LogP contribution in [-0.4, -0.2) is 122 Å². The monoisotopic (exact) mass is 801 g/mol. The molecule has 0 radical (unpaired) electrons. The third-order valence-corrected chi connectivity index (χ3v) is 10.6. The molecule has 0 bridgehead atoms. The van der Waals surface area contributed by atoms with Crippen LogP contribution in [0.5, 0.6) is 5.75 Å². The number of fused-ring (bicyclic) bond motifs is 1. The van der Waals surface area contributed by atoms with Crippen LogP contribution < -0.4 is 20.3 Å². The topological polar surface area (TPSA) is 182 Å². The molecule has 2 N–H and O–H groups in total. The molecule has 0 saturated carbocycles. The van der Waals surface area contributed by atoms with Crippen LogP contribution in [0.4, 0.5) is 11.4 Å². The highest BCUT2D eigenvalue weighted by Gasteiger charge is 2.44. The van der Waals surface area contributed by atoms with Gasteiger partial charge in [0.1, 0.15) is 11.8 Å². The van der Waals surface area contributed by atoms with Crippen LogP contribution in [0, 0.1) is 5.92 Å². The van der Waals surface area contributed by atoms with Gasteiger partial charge in [-0.1, -0.05) is 19.1 Å². The molecular formula is C42H47N11O6. The second kappa shape index (κ2) is 17.6. The lowest BCUT2D eigenvalue weighted by molar-refractivity contribution is -0.136. The molecule has 3 aromatic heterocycles. The molecule has 3 aliphatic heterocycles. The largest absolute Gasteiger partial charge is 0.491 e. The van der Waals surface area contributed by atoms with Crippen molar-refractivity contribution in [3.63, 3.8) is 0 Å². The van der Waals surface area contributed by atoms with Crippen molar-refractivity contribution in [1.82, 2.24) is 44.9 Å². The van der Waals surface area contributed by atoms with Gasteiger partial charge in [-0.05, 0) is 60.9 Å². The maximum Gasteiger partial charge on any atom is 0.262 e. The maximum atomic E-state index is 13.1. The van der Waals surface area contributed by atoms with E-state index in [4.69, 9.17) is 9.47 Å². The minimum Gasteiger partial charge on any atom is -0.491 e. The number of ether oxygens (including phenoxy) is 2. The van der Waals surface area contributed by atoms with Crippen molar-refractivity contribution in [2.24, 2.45) is 5.92 Å². The number of hydrogen-bond acceptors (Lipinski definition) is 13. The molecule has 1 atom stereocenters. The number of piperidine rings is 1. The Labute approximate surface area is 341 Å². The van der Waals surface area contributed by atoms with E-state index in [0.29, 0.717) is 44.5 Å². The summed E-state index contributed by atoms with van der Waals surface area (Å²) in [4.78, 5) is 59.9. The summed E-state index contributed by atoms with van der Waals surface area (Å²) in [6.07, 6.45) is 9.56. The molecular weight excluding hydrogens is 755 g/mol. The van der Waals surface area contributed by atoms with Gasteiger partial charge in [0.15, 0.2) is 0 Å². The summed E-state index contributed by atoms with van der Waals surface area (Å²) in [7, 11) is 0.